The molecule has 2 amide bonds. The van der Waals surface area contributed by atoms with Crippen LogP contribution in [0.1, 0.15) is 39.0 Å². The highest BCUT2D eigenvalue weighted by atomic mass is 32.1. The van der Waals surface area contributed by atoms with Crippen LogP contribution in [0.25, 0.3) is 0 Å². The van der Waals surface area contributed by atoms with E-state index in [0.717, 1.165) is 6.42 Å². The van der Waals surface area contributed by atoms with Crippen molar-refractivity contribution in [3.8, 4) is 0 Å². The Kier molecular flexibility index (Phi) is 4.71. The van der Waals surface area contributed by atoms with Crippen LogP contribution in [-0.2, 0) is 16.0 Å². The summed E-state index contributed by atoms with van der Waals surface area (Å²) < 4.78 is 0. The van der Waals surface area contributed by atoms with Crippen LogP contribution in [0.15, 0.2) is 17.5 Å². The van der Waals surface area contributed by atoms with Crippen molar-refractivity contribution < 1.29 is 9.59 Å². The summed E-state index contributed by atoms with van der Waals surface area (Å²) in [7, 11) is 0. The van der Waals surface area contributed by atoms with Gasteiger partial charge in [-0.05, 0) is 44.1 Å². The van der Waals surface area contributed by atoms with Gasteiger partial charge in [-0.2, -0.15) is 0 Å². The summed E-state index contributed by atoms with van der Waals surface area (Å²) >= 11 is 1.69. The molecule has 0 aromatic carbocycles. The van der Waals surface area contributed by atoms with Gasteiger partial charge >= 0.3 is 0 Å². The molecule has 0 saturated carbocycles. The molecule has 0 bridgehead atoms. The Balaban J connectivity index is 2.13. The number of amides is 2. The normalized spacial score (nSPS) is 21.8. The predicted octanol–water partition coefficient (Wildman–Crippen LogP) is 2.44. The summed E-state index contributed by atoms with van der Waals surface area (Å²) in [4.78, 5) is 28.0. The summed E-state index contributed by atoms with van der Waals surface area (Å²) in [6.45, 7) is 8.36. The van der Waals surface area contributed by atoms with Crippen LogP contribution in [0.4, 0.5) is 0 Å². The standard InChI is InChI=1S/C16H24N2O2S/c1-11(2)10-13-14(19)18(16(3,4)15(20)17-13)8-7-12-6-5-9-21-12/h5-6,9,11,13H,7-8,10H2,1-4H3,(H,17,20). The monoisotopic (exact) mass is 308 g/mol. The number of hydrogen-bond acceptors (Lipinski definition) is 3. The van der Waals surface area contributed by atoms with Gasteiger partial charge in [0, 0.05) is 11.4 Å². The second kappa shape index (κ2) is 6.18. The molecule has 1 saturated heterocycles. The fourth-order valence-electron chi connectivity index (χ4n) is 2.68. The molecule has 5 heteroatoms. The summed E-state index contributed by atoms with van der Waals surface area (Å²) in [5.41, 5.74) is -0.776. The molecule has 4 nitrogen and oxygen atoms in total. The zero-order chi connectivity index (χ0) is 15.6. The van der Waals surface area contributed by atoms with Gasteiger partial charge < -0.3 is 10.2 Å². The molecule has 2 heterocycles. The zero-order valence-electron chi connectivity index (χ0n) is 13.2. The van der Waals surface area contributed by atoms with Gasteiger partial charge in [-0.15, -0.1) is 11.3 Å². The third kappa shape index (κ3) is 3.46. The van der Waals surface area contributed by atoms with E-state index in [2.05, 4.69) is 25.2 Å². The topological polar surface area (TPSA) is 49.4 Å². The molecule has 0 spiro atoms. The summed E-state index contributed by atoms with van der Waals surface area (Å²) in [6, 6.07) is 3.70. The highest BCUT2D eigenvalue weighted by Crippen LogP contribution is 2.24. The van der Waals surface area contributed by atoms with Crippen molar-refractivity contribution in [3.05, 3.63) is 22.4 Å². The van der Waals surface area contributed by atoms with Gasteiger partial charge in [0.2, 0.25) is 11.8 Å². The van der Waals surface area contributed by atoms with E-state index < -0.39 is 5.54 Å². The summed E-state index contributed by atoms with van der Waals surface area (Å²) in [5, 5.41) is 4.92. The van der Waals surface area contributed by atoms with Crippen LogP contribution >= 0.6 is 11.3 Å². The molecule has 1 aromatic heterocycles. The minimum Gasteiger partial charge on any atom is -0.342 e. The van der Waals surface area contributed by atoms with Gasteiger partial charge in [-0.25, -0.2) is 0 Å². The van der Waals surface area contributed by atoms with E-state index in [1.165, 1.54) is 4.88 Å². The molecular formula is C16H24N2O2S. The number of nitrogens with zero attached hydrogens (tertiary/aromatic N) is 1. The molecular weight excluding hydrogens is 284 g/mol. The third-order valence-electron chi connectivity index (χ3n) is 3.97. The first-order valence-corrected chi connectivity index (χ1v) is 8.35. The molecule has 1 aromatic rings. The van der Waals surface area contributed by atoms with Gasteiger partial charge in [0.25, 0.3) is 0 Å². The maximum atomic E-state index is 12.7. The highest BCUT2D eigenvalue weighted by Gasteiger charge is 2.45. The Hall–Kier alpha value is -1.36. The van der Waals surface area contributed by atoms with Crippen molar-refractivity contribution in [2.75, 3.05) is 6.54 Å². The molecule has 1 fully saturated rings. The number of thiophene rings is 1. The number of carbonyl (C=O) groups is 2. The van der Waals surface area contributed by atoms with Crippen molar-refractivity contribution in [2.24, 2.45) is 5.92 Å². The largest absolute Gasteiger partial charge is 0.342 e. The first-order chi connectivity index (χ1) is 9.82. The average molecular weight is 308 g/mol. The first kappa shape index (κ1) is 16.0. The van der Waals surface area contributed by atoms with Crippen LogP contribution in [0.2, 0.25) is 0 Å². The second-order valence-corrected chi connectivity index (χ2v) is 7.57. The molecule has 0 radical (unpaired) electrons. The van der Waals surface area contributed by atoms with Crippen LogP contribution in [0.3, 0.4) is 0 Å². The number of piperazine rings is 1. The molecule has 116 valence electrons. The molecule has 1 N–H and O–H groups in total. The van der Waals surface area contributed by atoms with E-state index in [9.17, 15) is 9.59 Å². The number of hydrogen-bond donors (Lipinski definition) is 1. The van der Waals surface area contributed by atoms with Gasteiger partial charge in [0.15, 0.2) is 0 Å². The molecule has 1 aliphatic rings. The average Bonchev–Trinajstić information content (AvgIpc) is 2.88. The lowest BCUT2D eigenvalue weighted by Crippen LogP contribution is -2.68. The SMILES string of the molecule is CC(C)CC1NC(=O)C(C)(C)N(CCc2cccs2)C1=O. The van der Waals surface area contributed by atoms with E-state index >= 15 is 0 Å². The maximum absolute atomic E-state index is 12.7. The van der Waals surface area contributed by atoms with Crippen molar-refractivity contribution in [2.45, 2.75) is 52.1 Å². The third-order valence-corrected chi connectivity index (χ3v) is 4.91. The van der Waals surface area contributed by atoms with Gasteiger partial charge in [0.1, 0.15) is 11.6 Å². The van der Waals surface area contributed by atoms with Gasteiger partial charge in [-0.3, -0.25) is 9.59 Å². The minimum atomic E-state index is -0.776. The second-order valence-electron chi connectivity index (χ2n) is 6.53. The Morgan fingerprint density at radius 3 is 2.67 bits per heavy atom. The zero-order valence-corrected chi connectivity index (χ0v) is 14.0. The smallest absolute Gasteiger partial charge is 0.246 e. The van der Waals surface area contributed by atoms with Crippen LogP contribution < -0.4 is 5.32 Å². The summed E-state index contributed by atoms with van der Waals surface area (Å²) in [6.07, 6.45) is 1.49. The van der Waals surface area contributed by atoms with Crippen molar-refractivity contribution in [1.82, 2.24) is 10.2 Å². The molecule has 0 aliphatic carbocycles. The number of nitrogens with one attached hydrogen (secondary N) is 1. The van der Waals surface area contributed by atoms with E-state index in [-0.39, 0.29) is 17.9 Å². The van der Waals surface area contributed by atoms with Crippen molar-refractivity contribution in [3.63, 3.8) is 0 Å². The van der Waals surface area contributed by atoms with Gasteiger partial charge in [-0.1, -0.05) is 19.9 Å². The molecule has 2 rings (SSSR count). The van der Waals surface area contributed by atoms with Crippen LogP contribution in [0.5, 0.6) is 0 Å². The molecule has 1 unspecified atom stereocenters. The van der Waals surface area contributed by atoms with Crippen LogP contribution in [0, 0.1) is 5.92 Å². The van der Waals surface area contributed by atoms with E-state index in [0.29, 0.717) is 18.9 Å². The summed E-state index contributed by atoms with van der Waals surface area (Å²) in [5.74, 6) is 0.364. The van der Waals surface area contributed by atoms with E-state index in [4.69, 9.17) is 0 Å². The first-order valence-electron chi connectivity index (χ1n) is 7.47. The highest BCUT2D eigenvalue weighted by molar-refractivity contribution is 7.09. The Labute approximate surface area is 130 Å². The van der Waals surface area contributed by atoms with Crippen LogP contribution in [-0.4, -0.2) is 34.8 Å². The Bertz CT molecular complexity index is 508. The lowest BCUT2D eigenvalue weighted by molar-refractivity contribution is -0.155. The fourth-order valence-corrected chi connectivity index (χ4v) is 3.38. The lowest BCUT2D eigenvalue weighted by atomic mass is 9.92. The number of rotatable bonds is 5. The quantitative estimate of drug-likeness (QED) is 0.908. The molecule has 21 heavy (non-hydrogen) atoms. The molecule has 1 atom stereocenters. The predicted molar refractivity (Wildman–Crippen MR) is 85.2 cm³/mol. The Morgan fingerprint density at radius 1 is 1.38 bits per heavy atom. The van der Waals surface area contributed by atoms with Crippen molar-refractivity contribution >= 4 is 23.2 Å². The van der Waals surface area contributed by atoms with E-state index in [1.54, 1.807) is 16.2 Å². The fraction of sp³-hybridized carbons (Fsp3) is 0.625. The maximum Gasteiger partial charge on any atom is 0.246 e. The molecule has 1 aliphatic heterocycles. The van der Waals surface area contributed by atoms with Crippen molar-refractivity contribution in [1.29, 1.82) is 0 Å². The lowest BCUT2D eigenvalue weighted by Gasteiger charge is -2.44. The minimum absolute atomic E-state index is 0.0462. The number of carbonyl (C=O) groups excluding carboxylic acids is 2. The van der Waals surface area contributed by atoms with E-state index in [1.807, 2.05) is 25.3 Å². The Morgan fingerprint density at radius 2 is 2.10 bits per heavy atom. The van der Waals surface area contributed by atoms with Gasteiger partial charge in [0.05, 0.1) is 0 Å².